The summed E-state index contributed by atoms with van der Waals surface area (Å²) in [7, 11) is 1.67. The van der Waals surface area contributed by atoms with Crippen molar-refractivity contribution in [2.24, 2.45) is 0 Å². The van der Waals surface area contributed by atoms with Gasteiger partial charge in [-0.05, 0) is 36.1 Å². The molecule has 0 saturated heterocycles. The van der Waals surface area contributed by atoms with Gasteiger partial charge < -0.3 is 14.8 Å². The molecule has 0 amide bonds. The lowest BCUT2D eigenvalue weighted by Crippen LogP contribution is -2.43. The van der Waals surface area contributed by atoms with Gasteiger partial charge in [-0.15, -0.1) is 0 Å². The van der Waals surface area contributed by atoms with Crippen molar-refractivity contribution in [2.75, 3.05) is 7.11 Å². The minimum Gasteiger partial charge on any atom is -0.489 e. The number of methoxy groups -OCH3 is 1. The summed E-state index contributed by atoms with van der Waals surface area (Å²) in [5.74, 6) is 0.976. The van der Waals surface area contributed by atoms with Gasteiger partial charge in [0.1, 0.15) is 12.4 Å². The fraction of sp³-hybridized carbons (Fsp3) is 0.409. The Morgan fingerprint density at radius 3 is 2.58 bits per heavy atom. The zero-order valence-corrected chi connectivity index (χ0v) is 15.7. The van der Waals surface area contributed by atoms with E-state index in [4.69, 9.17) is 9.47 Å². The molecule has 0 saturated carbocycles. The van der Waals surface area contributed by atoms with Crippen LogP contribution in [0.3, 0.4) is 0 Å². The second kappa shape index (κ2) is 8.47. The summed E-state index contributed by atoms with van der Waals surface area (Å²) >= 11 is 0. The fourth-order valence-electron chi connectivity index (χ4n) is 3.53. The Balaban J connectivity index is 1.85. The smallest absolute Gasteiger partial charge is 0.180 e. The van der Waals surface area contributed by atoms with Crippen molar-refractivity contribution < 1.29 is 14.3 Å². The highest BCUT2D eigenvalue weighted by molar-refractivity contribution is 6.03. The first kappa shape index (κ1) is 18.6. The summed E-state index contributed by atoms with van der Waals surface area (Å²) in [5, 5.41) is 3.37. The first-order chi connectivity index (χ1) is 12.6. The molecule has 4 heteroatoms. The van der Waals surface area contributed by atoms with E-state index in [0.717, 1.165) is 40.8 Å². The molecule has 1 N–H and O–H groups in total. The molecule has 0 fully saturated rings. The molecule has 2 aromatic rings. The van der Waals surface area contributed by atoms with Gasteiger partial charge in [-0.1, -0.05) is 44.2 Å². The Morgan fingerprint density at radius 1 is 1.12 bits per heavy atom. The normalized spacial score (nSPS) is 16.6. The van der Waals surface area contributed by atoms with E-state index in [2.05, 4.69) is 19.2 Å². The molecule has 26 heavy (non-hydrogen) atoms. The lowest BCUT2D eigenvalue weighted by molar-refractivity contribution is 0.0921. The van der Waals surface area contributed by atoms with Crippen LogP contribution >= 0.6 is 0 Å². The molecule has 0 aromatic heterocycles. The number of ether oxygens (including phenoxy) is 2. The molecule has 2 aromatic carbocycles. The van der Waals surface area contributed by atoms with E-state index < -0.39 is 0 Å². The quantitative estimate of drug-likeness (QED) is 0.820. The van der Waals surface area contributed by atoms with E-state index in [1.165, 1.54) is 0 Å². The van der Waals surface area contributed by atoms with Gasteiger partial charge in [0.15, 0.2) is 5.78 Å². The van der Waals surface area contributed by atoms with Gasteiger partial charge >= 0.3 is 0 Å². The van der Waals surface area contributed by atoms with Crippen molar-refractivity contribution in [1.82, 2.24) is 5.32 Å². The van der Waals surface area contributed by atoms with Crippen LogP contribution in [-0.2, 0) is 24.4 Å². The molecule has 138 valence electrons. The molecule has 0 heterocycles. The third kappa shape index (κ3) is 4.14. The summed E-state index contributed by atoms with van der Waals surface area (Å²) < 4.78 is 11.5. The van der Waals surface area contributed by atoms with Crippen molar-refractivity contribution in [3.63, 3.8) is 0 Å². The van der Waals surface area contributed by atoms with E-state index in [1.54, 1.807) is 7.11 Å². The van der Waals surface area contributed by atoms with Gasteiger partial charge in [-0.25, -0.2) is 0 Å². The number of carbonyl (C=O) groups is 1. The molecular weight excluding hydrogens is 326 g/mol. The number of rotatable bonds is 7. The number of ketones is 1. The van der Waals surface area contributed by atoms with Gasteiger partial charge in [-0.3, -0.25) is 4.79 Å². The van der Waals surface area contributed by atoms with Crippen LogP contribution in [0, 0.1) is 0 Å². The molecule has 1 unspecified atom stereocenters. The maximum Gasteiger partial charge on any atom is 0.180 e. The summed E-state index contributed by atoms with van der Waals surface area (Å²) in [5.41, 5.74) is 3.99. The van der Waals surface area contributed by atoms with E-state index in [0.29, 0.717) is 13.2 Å². The summed E-state index contributed by atoms with van der Waals surface area (Å²) in [4.78, 5) is 12.9. The summed E-state index contributed by atoms with van der Waals surface area (Å²) in [6.45, 7) is 5.09. The van der Waals surface area contributed by atoms with Crippen LogP contribution in [0.15, 0.2) is 42.5 Å². The SMILES string of the molecule is COCc1c(OCc2ccccc2)ccc2c1CCC(NC(C)C)C2=O. The highest BCUT2D eigenvalue weighted by Crippen LogP contribution is 2.32. The van der Waals surface area contributed by atoms with Crippen LogP contribution in [0.4, 0.5) is 0 Å². The molecule has 0 spiro atoms. The maximum absolute atomic E-state index is 12.9. The number of benzene rings is 2. The maximum atomic E-state index is 12.9. The van der Waals surface area contributed by atoms with Gasteiger partial charge in [0.2, 0.25) is 0 Å². The largest absolute Gasteiger partial charge is 0.489 e. The monoisotopic (exact) mass is 353 g/mol. The second-order valence-corrected chi connectivity index (χ2v) is 7.05. The lowest BCUT2D eigenvalue weighted by Gasteiger charge is -2.28. The van der Waals surface area contributed by atoms with Crippen LogP contribution in [0.1, 0.15) is 47.3 Å². The van der Waals surface area contributed by atoms with E-state index >= 15 is 0 Å². The highest BCUT2D eigenvalue weighted by atomic mass is 16.5. The number of hydrogen-bond donors (Lipinski definition) is 1. The zero-order chi connectivity index (χ0) is 18.5. The molecule has 0 radical (unpaired) electrons. The van der Waals surface area contributed by atoms with Crippen molar-refractivity contribution >= 4 is 5.78 Å². The summed E-state index contributed by atoms with van der Waals surface area (Å²) in [6, 6.07) is 14.1. The molecule has 3 rings (SSSR count). The first-order valence-corrected chi connectivity index (χ1v) is 9.20. The molecule has 0 aliphatic heterocycles. The summed E-state index contributed by atoms with van der Waals surface area (Å²) in [6.07, 6.45) is 1.66. The van der Waals surface area contributed by atoms with E-state index in [9.17, 15) is 4.79 Å². The second-order valence-electron chi connectivity index (χ2n) is 7.05. The standard InChI is InChI=1S/C22H27NO3/c1-15(2)23-20-11-9-17-18(22(20)24)10-12-21(19(17)14-25-3)26-13-16-7-5-4-6-8-16/h4-8,10,12,15,20,23H,9,11,13-14H2,1-3H3. The number of fused-ring (bicyclic) bond motifs is 1. The number of carbonyl (C=O) groups excluding carboxylic acids is 1. The minimum atomic E-state index is -0.103. The van der Waals surface area contributed by atoms with Crippen molar-refractivity contribution in [2.45, 2.75) is 52.0 Å². The molecule has 1 aliphatic carbocycles. The van der Waals surface area contributed by atoms with Gasteiger partial charge in [0, 0.05) is 24.3 Å². The van der Waals surface area contributed by atoms with Gasteiger partial charge in [-0.2, -0.15) is 0 Å². The fourth-order valence-corrected chi connectivity index (χ4v) is 3.53. The zero-order valence-electron chi connectivity index (χ0n) is 15.7. The third-order valence-electron chi connectivity index (χ3n) is 4.71. The van der Waals surface area contributed by atoms with Crippen LogP contribution < -0.4 is 10.1 Å². The van der Waals surface area contributed by atoms with Crippen LogP contribution in [0.2, 0.25) is 0 Å². The third-order valence-corrected chi connectivity index (χ3v) is 4.71. The Hall–Kier alpha value is -2.17. The van der Waals surface area contributed by atoms with Crippen molar-refractivity contribution in [1.29, 1.82) is 0 Å². The molecular formula is C22H27NO3. The number of nitrogens with one attached hydrogen (secondary N) is 1. The predicted molar refractivity (Wildman–Crippen MR) is 103 cm³/mol. The average molecular weight is 353 g/mol. The average Bonchev–Trinajstić information content (AvgIpc) is 2.64. The molecule has 4 nitrogen and oxygen atoms in total. The first-order valence-electron chi connectivity index (χ1n) is 9.20. The van der Waals surface area contributed by atoms with Crippen molar-refractivity contribution in [3.8, 4) is 5.75 Å². The molecule has 1 aliphatic rings. The van der Waals surface area contributed by atoms with Crippen LogP contribution in [0.5, 0.6) is 5.75 Å². The molecule has 0 bridgehead atoms. The van der Waals surface area contributed by atoms with Crippen LogP contribution in [-0.4, -0.2) is 25.0 Å². The number of Topliss-reactive ketones (excluding diaryl/α,β-unsaturated/α-hetero) is 1. The highest BCUT2D eigenvalue weighted by Gasteiger charge is 2.30. The Bertz CT molecular complexity index is 755. The van der Waals surface area contributed by atoms with Gasteiger partial charge in [0.25, 0.3) is 0 Å². The molecule has 1 atom stereocenters. The Kier molecular flexibility index (Phi) is 6.07. The van der Waals surface area contributed by atoms with E-state index in [1.807, 2.05) is 42.5 Å². The predicted octanol–water partition coefficient (Wildman–Crippen LogP) is 3.91. The topological polar surface area (TPSA) is 47.6 Å². The van der Waals surface area contributed by atoms with Crippen LogP contribution in [0.25, 0.3) is 0 Å². The Labute approximate surface area is 155 Å². The van der Waals surface area contributed by atoms with Gasteiger partial charge in [0.05, 0.1) is 12.6 Å². The van der Waals surface area contributed by atoms with E-state index in [-0.39, 0.29) is 17.9 Å². The Morgan fingerprint density at radius 2 is 1.88 bits per heavy atom. The number of hydrogen-bond acceptors (Lipinski definition) is 4. The van der Waals surface area contributed by atoms with Crippen molar-refractivity contribution in [3.05, 3.63) is 64.7 Å². The minimum absolute atomic E-state index is 0.103. The lowest BCUT2D eigenvalue weighted by atomic mass is 9.84.